The standard InChI is InChI=1S/C29H32Cl2FN3O4S/c1-19(2)16-33-29(37)21(4)34(17-22-7-8-23(30)15-27(22)31)28(36)18-35(25-11-9-24(32)10-12-25)40(38,39)26-13-5-20(3)6-14-26/h5-15,19,21H,16-18H2,1-4H3,(H,33,37). The lowest BCUT2D eigenvalue weighted by Crippen LogP contribution is -2.51. The number of nitrogens with zero attached hydrogens (tertiary/aromatic N) is 2. The molecule has 0 saturated carbocycles. The van der Waals surface area contributed by atoms with Gasteiger partial charge in [-0.1, -0.05) is 60.8 Å². The lowest BCUT2D eigenvalue weighted by molar-refractivity contribution is -0.139. The first-order chi connectivity index (χ1) is 18.8. The van der Waals surface area contributed by atoms with Gasteiger partial charge in [0.1, 0.15) is 18.4 Å². The number of benzene rings is 3. The number of nitrogens with one attached hydrogen (secondary N) is 1. The van der Waals surface area contributed by atoms with E-state index in [1.807, 2.05) is 20.8 Å². The molecule has 0 bridgehead atoms. The zero-order valence-corrected chi connectivity index (χ0v) is 25.0. The van der Waals surface area contributed by atoms with Gasteiger partial charge in [-0.3, -0.25) is 13.9 Å². The second-order valence-electron chi connectivity index (χ2n) is 9.87. The molecule has 0 aromatic heterocycles. The van der Waals surface area contributed by atoms with Crippen molar-refractivity contribution >= 4 is 50.7 Å². The Labute approximate surface area is 244 Å². The number of carbonyl (C=O) groups excluding carboxylic acids is 2. The van der Waals surface area contributed by atoms with Crippen LogP contribution < -0.4 is 9.62 Å². The summed E-state index contributed by atoms with van der Waals surface area (Å²) in [5.41, 5.74) is 1.48. The molecule has 0 saturated heterocycles. The number of hydrogen-bond acceptors (Lipinski definition) is 4. The van der Waals surface area contributed by atoms with Crippen LogP contribution in [0.15, 0.2) is 71.6 Å². The number of amides is 2. The summed E-state index contributed by atoms with van der Waals surface area (Å²) in [5.74, 6) is -1.43. The van der Waals surface area contributed by atoms with Crippen molar-refractivity contribution in [1.29, 1.82) is 0 Å². The van der Waals surface area contributed by atoms with Crippen LogP contribution in [0.4, 0.5) is 10.1 Å². The maximum atomic E-state index is 13.9. The van der Waals surface area contributed by atoms with Crippen molar-refractivity contribution in [2.24, 2.45) is 5.92 Å². The average molecular weight is 609 g/mol. The Balaban J connectivity index is 2.03. The van der Waals surface area contributed by atoms with Gasteiger partial charge in [-0.2, -0.15) is 0 Å². The predicted molar refractivity (Wildman–Crippen MR) is 156 cm³/mol. The summed E-state index contributed by atoms with van der Waals surface area (Å²) in [4.78, 5) is 28.2. The van der Waals surface area contributed by atoms with E-state index in [1.54, 1.807) is 31.2 Å². The van der Waals surface area contributed by atoms with E-state index < -0.39 is 40.2 Å². The first-order valence-corrected chi connectivity index (χ1v) is 14.8. The molecular weight excluding hydrogens is 576 g/mol. The zero-order valence-electron chi connectivity index (χ0n) is 22.7. The fraction of sp³-hybridized carbons (Fsp3) is 0.310. The highest BCUT2D eigenvalue weighted by atomic mass is 35.5. The number of sulfonamides is 1. The Kier molecular flexibility index (Phi) is 10.6. The molecule has 40 heavy (non-hydrogen) atoms. The normalized spacial score (nSPS) is 12.2. The molecule has 3 aromatic rings. The minimum absolute atomic E-state index is 0.0368. The number of carbonyl (C=O) groups is 2. The van der Waals surface area contributed by atoms with Crippen LogP contribution >= 0.6 is 23.2 Å². The van der Waals surface area contributed by atoms with E-state index in [-0.39, 0.29) is 23.0 Å². The smallest absolute Gasteiger partial charge is 0.264 e. The van der Waals surface area contributed by atoms with Crippen molar-refractivity contribution in [3.05, 3.63) is 93.7 Å². The Morgan fingerprint density at radius 3 is 2.15 bits per heavy atom. The molecule has 0 radical (unpaired) electrons. The Hall–Kier alpha value is -3.14. The third-order valence-corrected chi connectivity index (χ3v) is 8.59. The van der Waals surface area contributed by atoms with Crippen molar-refractivity contribution in [3.8, 4) is 0 Å². The van der Waals surface area contributed by atoms with Gasteiger partial charge in [0.15, 0.2) is 0 Å². The molecule has 2 amide bonds. The Morgan fingerprint density at radius 2 is 1.57 bits per heavy atom. The fourth-order valence-electron chi connectivity index (χ4n) is 3.84. The quantitative estimate of drug-likeness (QED) is 0.297. The van der Waals surface area contributed by atoms with E-state index in [2.05, 4.69) is 5.32 Å². The molecule has 0 heterocycles. The van der Waals surface area contributed by atoms with Crippen molar-refractivity contribution in [1.82, 2.24) is 10.2 Å². The van der Waals surface area contributed by atoms with Crippen LogP contribution in [0.25, 0.3) is 0 Å². The number of anilines is 1. The van der Waals surface area contributed by atoms with Gasteiger partial charge < -0.3 is 10.2 Å². The van der Waals surface area contributed by atoms with Gasteiger partial charge in [-0.15, -0.1) is 0 Å². The summed E-state index contributed by atoms with van der Waals surface area (Å²) in [6, 6.07) is 14.8. The van der Waals surface area contributed by atoms with Gasteiger partial charge >= 0.3 is 0 Å². The van der Waals surface area contributed by atoms with E-state index in [0.29, 0.717) is 22.2 Å². The molecule has 0 spiro atoms. The molecule has 1 atom stereocenters. The number of rotatable bonds is 11. The summed E-state index contributed by atoms with van der Waals surface area (Å²) < 4.78 is 42.2. The second-order valence-corrected chi connectivity index (χ2v) is 12.6. The van der Waals surface area contributed by atoms with Crippen molar-refractivity contribution < 1.29 is 22.4 Å². The van der Waals surface area contributed by atoms with Gasteiger partial charge in [0.05, 0.1) is 10.6 Å². The van der Waals surface area contributed by atoms with Crippen LogP contribution in [0.2, 0.25) is 10.0 Å². The Morgan fingerprint density at radius 1 is 0.950 bits per heavy atom. The molecule has 0 fully saturated rings. The molecule has 214 valence electrons. The van der Waals surface area contributed by atoms with Gasteiger partial charge in [0.25, 0.3) is 10.0 Å². The van der Waals surface area contributed by atoms with Crippen LogP contribution in [-0.2, 0) is 26.2 Å². The molecule has 3 aromatic carbocycles. The highest BCUT2D eigenvalue weighted by Gasteiger charge is 2.33. The summed E-state index contributed by atoms with van der Waals surface area (Å²) >= 11 is 12.4. The van der Waals surface area contributed by atoms with Gasteiger partial charge in [-0.05, 0) is 73.9 Å². The third kappa shape index (κ3) is 7.96. The van der Waals surface area contributed by atoms with E-state index >= 15 is 0 Å². The van der Waals surface area contributed by atoms with Crippen LogP contribution in [0.5, 0.6) is 0 Å². The molecule has 0 aliphatic rings. The van der Waals surface area contributed by atoms with Crippen LogP contribution in [0, 0.1) is 18.7 Å². The maximum Gasteiger partial charge on any atom is 0.264 e. The summed E-state index contributed by atoms with van der Waals surface area (Å²) in [6.45, 7) is 6.95. The molecule has 3 rings (SSSR count). The highest BCUT2D eigenvalue weighted by Crippen LogP contribution is 2.27. The van der Waals surface area contributed by atoms with Crippen LogP contribution in [-0.4, -0.2) is 44.3 Å². The average Bonchev–Trinajstić information content (AvgIpc) is 2.90. The SMILES string of the molecule is Cc1ccc(S(=O)(=O)N(CC(=O)N(Cc2ccc(Cl)cc2Cl)C(C)C(=O)NCC(C)C)c2ccc(F)cc2)cc1. The molecule has 11 heteroatoms. The lowest BCUT2D eigenvalue weighted by Gasteiger charge is -2.32. The Bertz CT molecular complexity index is 1450. The molecule has 7 nitrogen and oxygen atoms in total. The lowest BCUT2D eigenvalue weighted by atomic mass is 10.1. The summed E-state index contributed by atoms with van der Waals surface area (Å²) in [5, 5.41) is 3.52. The van der Waals surface area contributed by atoms with E-state index in [1.165, 1.54) is 35.2 Å². The number of halogens is 3. The van der Waals surface area contributed by atoms with E-state index in [9.17, 15) is 22.4 Å². The minimum atomic E-state index is -4.25. The molecule has 0 aliphatic carbocycles. The largest absolute Gasteiger partial charge is 0.354 e. The minimum Gasteiger partial charge on any atom is -0.354 e. The maximum absolute atomic E-state index is 13.9. The van der Waals surface area contributed by atoms with Crippen molar-refractivity contribution in [3.63, 3.8) is 0 Å². The van der Waals surface area contributed by atoms with Gasteiger partial charge in [0.2, 0.25) is 11.8 Å². The van der Waals surface area contributed by atoms with E-state index in [4.69, 9.17) is 23.2 Å². The van der Waals surface area contributed by atoms with E-state index in [0.717, 1.165) is 22.0 Å². The first-order valence-electron chi connectivity index (χ1n) is 12.7. The summed E-state index contributed by atoms with van der Waals surface area (Å²) in [6.07, 6.45) is 0. The van der Waals surface area contributed by atoms with Gasteiger partial charge in [0, 0.05) is 23.1 Å². The molecule has 1 unspecified atom stereocenters. The highest BCUT2D eigenvalue weighted by molar-refractivity contribution is 7.92. The topological polar surface area (TPSA) is 86.8 Å². The van der Waals surface area contributed by atoms with Crippen LogP contribution in [0.1, 0.15) is 31.9 Å². The van der Waals surface area contributed by atoms with Crippen molar-refractivity contribution in [2.45, 2.75) is 45.2 Å². The summed E-state index contributed by atoms with van der Waals surface area (Å²) in [7, 11) is -4.25. The first kappa shape index (κ1) is 31.4. The monoisotopic (exact) mass is 607 g/mol. The predicted octanol–water partition coefficient (Wildman–Crippen LogP) is 5.83. The van der Waals surface area contributed by atoms with Gasteiger partial charge in [-0.25, -0.2) is 12.8 Å². The molecule has 0 aliphatic heterocycles. The third-order valence-electron chi connectivity index (χ3n) is 6.21. The zero-order chi connectivity index (χ0) is 29.6. The molecular formula is C29H32Cl2FN3O4S. The van der Waals surface area contributed by atoms with Crippen LogP contribution in [0.3, 0.4) is 0 Å². The number of hydrogen-bond donors (Lipinski definition) is 1. The molecule has 1 N–H and O–H groups in total. The second kappa shape index (κ2) is 13.5. The fourth-order valence-corrected chi connectivity index (χ4v) is 5.72. The number of aryl methyl sites for hydroxylation is 1. The van der Waals surface area contributed by atoms with Crippen molar-refractivity contribution in [2.75, 3.05) is 17.4 Å².